The van der Waals surface area contributed by atoms with Crippen LogP contribution in [0.15, 0.2) is 59.6 Å². The number of amides is 1. The number of para-hydroxylation sites is 1. The van der Waals surface area contributed by atoms with Gasteiger partial charge in [-0.15, -0.1) is 0 Å². The number of nitrogens with one attached hydrogen (secondary N) is 2. The van der Waals surface area contributed by atoms with Crippen LogP contribution in [0.25, 0.3) is 0 Å². The molecule has 3 rings (SSSR count). The fourth-order valence-corrected chi connectivity index (χ4v) is 3.54. The molecule has 1 fully saturated rings. The summed E-state index contributed by atoms with van der Waals surface area (Å²) in [6.07, 6.45) is 1.18. The monoisotopic (exact) mass is 393 g/mol. The van der Waals surface area contributed by atoms with Crippen molar-refractivity contribution in [3.63, 3.8) is 0 Å². The van der Waals surface area contributed by atoms with Gasteiger partial charge in [0.15, 0.2) is 5.96 Å². The van der Waals surface area contributed by atoms with Crippen molar-refractivity contribution in [3.8, 4) is 0 Å². The van der Waals surface area contributed by atoms with E-state index >= 15 is 0 Å². The molecule has 1 atom stereocenters. The van der Waals surface area contributed by atoms with Gasteiger partial charge in [0.2, 0.25) is 0 Å². The average Bonchev–Trinajstić information content (AvgIpc) is 3.23. The first-order valence-electron chi connectivity index (χ1n) is 10.1. The molecule has 6 nitrogen and oxygen atoms in total. The molecule has 2 aromatic rings. The molecule has 6 heteroatoms. The lowest BCUT2D eigenvalue weighted by molar-refractivity contribution is 0.0827. The van der Waals surface area contributed by atoms with Crippen LogP contribution in [0.4, 0.5) is 5.69 Å². The van der Waals surface area contributed by atoms with E-state index in [4.69, 9.17) is 0 Å². The molecule has 1 unspecified atom stereocenters. The number of anilines is 1. The molecule has 0 spiro atoms. The Labute approximate surface area is 173 Å². The Morgan fingerprint density at radius 3 is 2.48 bits per heavy atom. The number of rotatable bonds is 6. The largest absolute Gasteiger partial charge is 0.371 e. The summed E-state index contributed by atoms with van der Waals surface area (Å²) >= 11 is 0. The number of guanidine groups is 1. The van der Waals surface area contributed by atoms with E-state index < -0.39 is 0 Å². The Hall–Kier alpha value is -3.02. The molecule has 0 radical (unpaired) electrons. The van der Waals surface area contributed by atoms with Crippen molar-refractivity contribution in [2.45, 2.75) is 13.0 Å². The van der Waals surface area contributed by atoms with Gasteiger partial charge in [0.05, 0.1) is 0 Å². The van der Waals surface area contributed by atoms with Crippen LogP contribution >= 0.6 is 0 Å². The van der Waals surface area contributed by atoms with E-state index in [1.165, 1.54) is 12.1 Å². The van der Waals surface area contributed by atoms with Crippen molar-refractivity contribution in [1.29, 1.82) is 0 Å². The predicted molar refractivity (Wildman–Crippen MR) is 119 cm³/mol. The zero-order valence-corrected chi connectivity index (χ0v) is 17.6. The lowest BCUT2D eigenvalue weighted by Crippen LogP contribution is -2.39. The number of hydrogen-bond donors (Lipinski definition) is 2. The highest BCUT2D eigenvalue weighted by Gasteiger charge is 2.22. The van der Waals surface area contributed by atoms with Gasteiger partial charge in [-0.2, -0.15) is 0 Å². The second-order valence-electron chi connectivity index (χ2n) is 7.64. The zero-order chi connectivity index (χ0) is 20.6. The van der Waals surface area contributed by atoms with Crippen molar-refractivity contribution in [2.24, 2.45) is 10.9 Å². The summed E-state index contributed by atoms with van der Waals surface area (Å²) in [5.41, 5.74) is 3.11. The SMILES string of the molecule is CN=C(NCc1ccc(C(=O)N(C)C)cc1)NCC1CCN(c2ccccc2)C1. The normalized spacial score (nSPS) is 16.6. The van der Waals surface area contributed by atoms with Crippen molar-refractivity contribution < 1.29 is 4.79 Å². The number of hydrogen-bond acceptors (Lipinski definition) is 3. The molecular formula is C23H31N5O. The van der Waals surface area contributed by atoms with E-state index in [0.717, 1.165) is 31.2 Å². The van der Waals surface area contributed by atoms with Crippen molar-refractivity contribution >= 4 is 17.6 Å². The van der Waals surface area contributed by atoms with Crippen LogP contribution in [0.1, 0.15) is 22.3 Å². The number of carbonyl (C=O) groups is 1. The molecule has 2 N–H and O–H groups in total. The number of nitrogens with zero attached hydrogens (tertiary/aromatic N) is 3. The molecule has 1 aliphatic heterocycles. The predicted octanol–water partition coefficient (Wildman–Crippen LogP) is 2.58. The first-order chi connectivity index (χ1) is 14.1. The summed E-state index contributed by atoms with van der Waals surface area (Å²) in [4.78, 5) is 20.3. The highest BCUT2D eigenvalue weighted by Crippen LogP contribution is 2.22. The van der Waals surface area contributed by atoms with Gasteiger partial charge in [0, 0.05) is 58.6 Å². The average molecular weight is 394 g/mol. The van der Waals surface area contributed by atoms with Gasteiger partial charge in [0.25, 0.3) is 5.91 Å². The number of carbonyl (C=O) groups excluding carboxylic acids is 1. The van der Waals surface area contributed by atoms with E-state index in [9.17, 15) is 4.79 Å². The molecule has 154 valence electrons. The zero-order valence-electron chi connectivity index (χ0n) is 17.6. The molecule has 1 amide bonds. The quantitative estimate of drug-likeness (QED) is 0.585. The minimum absolute atomic E-state index is 0.0168. The Morgan fingerprint density at radius 2 is 1.83 bits per heavy atom. The fourth-order valence-electron chi connectivity index (χ4n) is 3.54. The molecule has 29 heavy (non-hydrogen) atoms. The number of benzene rings is 2. The highest BCUT2D eigenvalue weighted by atomic mass is 16.2. The molecule has 2 aromatic carbocycles. The maximum Gasteiger partial charge on any atom is 0.253 e. The van der Waals surface area contributed by atoms with Crippen LogP contribution in [0, 0.1) is 5.92 Å². The van der Waals surface area contributed by atoms with Gasteiger partial charge in [-0.05, 0) is 42.2 Å². The molecule has 1 aliphatic rings. The lowest BCUT2D eigenvalue weighted by atomic mass is 10.1. The van der Waals surface area contributed by atoms with Gasteiger partial charge in [0.1, 0.15) is 0 Å². The molecule has 1 saturated heterocycles. The van der Waals surface area contributed by atoms with Crippen LogP contribution in [-0.4, -0.2) is 57.5 Å². The maximum absolute atomic E-state index is 12.0. The van der Waals surface area contributed by atoms with Crippen LogP contribution in [0.5, 0.6) is 0 Å². The van der Waals surface area contributed by atoms with Gasteiger partial charge >= 0.3 is 0 Å². The van der Waals surface area contributed by atoms with E-state index in [-0.39, 0.29) is 5.91 Å². The summed E-state index contributed by atoms with van der Waals surface area (Å²) < 4.78 is 0. The summed E-state index contributed by atoms with van der Waals surface area (Å²) in [5, 5.41) is 6.80. The van der Waals surface area contributed by atoms with Crippen molar-refractivity contribution in [3.05, 3.63) is 65.7 Å². The van der Waals surface area contributed by atoms with Crippen molar-refractivity contribution in [2.75, 3.05) is 45.7 Å². The third-order valence-corrected chi connectivity index (χ3v) is 5.26. The van der Waals surface area contributed by atoms with E-state index in [2.05, 4.69) is 50.9 Å². The first-order valence-corrected chi connectivity index (χ1v) is 10.1. The Morgan fingerprint density at radius 1 is 1.10 bits per heavy atom. The summed E-state index contributed by atoms with van der Waals surface area (Å²) in [7, 11) is 5.31. The minimum Gasteiger partial charge on any atom is -0.371 e. The second-order valence-corrected chi connectivity index (χ2v) is 7.64. The fraction of sp³-hybridized carbons (Fsp3) is 0.391. The summed E-state index contributed by atoms with van der Waals surface area (Å²) in [6, 6.07) is 18.3. The highest BCUT2D eigenvalue weighted by molar-refractivity contribution is 5.93. The van der Waals surface area contributed by atoms with Gasteiger partial charge in [-0.3, -0.25) is 9.79 Å². The minimum atomic E-state index is 0.0168. The summed E-state index contributed by atoms with van der Waals surface area (Å²) in [5.74, 6) is 1.42. The van der Waals surface area contributed by atoms with Gasteiger partial charge in [-0.1, -0.05) is 30.3 Å². The smallest absolute Gasteiger partial charge is 0.253 e. The topological polar surface area (TPSA) is 60.0 Å². The van der Waals surface area contributed by atoms with Crippen LogP contribution in [0.3, 0.4) is 0 Å². The van der Waals surface area contributed by atoms with Crippen LogP contribution in [0.2, 0.25) is 0 Å². The Bertz CT molecular complexity index is 817. The Kier molecular flexibility index (Phi) is 7.11. The van der Waals surface area contributed by atoms with E-state index in [1.807, 2.05) is 24.3 Å². The van der Waals surface area contributed by atoms with E-state index in [1.54, 1.807) is 26.0 Å². The number of aliphatic imine (C=N–C) groups is 1. The summed E-state index contributed by atoms with van der Waals surface area (Å²) in [6.45, 7) is 3.73. The van der Waals surface area contributed by atoms with Gasteiger partial charge in [-0.25, -0.2) is 0 Å². The van der Waals surface area contributed by atoms with Crippen molar-refractivity contribution in [1.82, 2.24) is 15.5 Å². The molecule has 0 bridgehead atoms. The van der Waals surface area contributed by atoms with Gasteiger partial charge < -0.3 is 20.4 Å². The van der Waals surface area contributed by atoms with Crippen LogP contribution in [-0.2, 0) is 6.54 Å². The third kappa shape index (κ3) is 5.73. The van der Waals surface area contributed by atoms with Crippen LogP contribution < -0.4 is 15.5 Å². The second kappa shape index (κ2) is 9.96. The lowest BCUT2D eigenvalue weighted by Gasteiger charge is -2.19. The van der Waals surface area contributed by atoms with E-state index in [0.29, 0.717) is 18.0 Å². The standard InChI is InChI=1S/C23H31N5O/c1-24-23(25-15-18-9-11-20(12-10-18)22(29)27(2)3)26-16-19-13-14-28(17-19)21-7-5-4-6-8-21/h4-12,19H,13-17H2,1-3H3,(H2,24,25,26). The third-order valence-electron chi connectivity index (χ3n) is 5.26. The molecule has 0 aliphatic carbocycles. The molecule has 0 saturated carbocycles. The maximum atomic E-state index is 12.0. The molecular weight excluding hydrogens is 362 g/mol. The molecule has 1 heterocycles. The Balaban J connectivity index is 1.44. The molecule has 0 aromatic heterocycles. The first kappa shape index (κ1) is 20.7.